The minimum Gasteiger partial charge on any atom is -0.481 e. The van der Waals surface area contributed by atoms with Gasteiger partial charge in [0.2, 0.25) is 0 Å². The molecule has 0 fully saturated rings. The smallest absolute Gasteiger partial charge is 0.306 e. The molecule has 0 aromatic heterocycles. The van der Waals surface area contributed by atoms with E-state index in [1.807, 2.05) is 20.8 Å². The average molecular weight is 296 g/mol. The first-order valence-electron chi connectivity index (χ1n) is 6.66. The van der Waals surface area contributed by atoms with Crippen LogP contribution in [-0.2, 0) is 19.1 Å². The summed E-state index contributed by atoms with van der Waals surface area (Å²) in [6.07, 6.45) is 0.580. The third-order valence-electron chi connectivity index (χ3n) is 1.52. The molecule has 0 rings (SSSR count). The van der Waals surface area contributed by atoms with Gasteiger partial charge in [-0.3, -0.25) is 9.59 Å². The maximum atomic E-state index is 10.6. The third kappa shape index (κ3) is 36.0. The summed E-state index contributed by atoms with van der Waals surface area (Å²) in [4.78, 5) is 20.6. The Morgan fingerprint density at radius 1 is 0.950 bits per heavy atom. The maximum absolute atomic E-state index is 10.6. The molecule has 0 amide bonds. The van der Waals surface area contributed by atoms with Gasteiger partial charge in [-0.25, -0.2) is 0 Å². The molecule has 0 atom stereocenters. The van der Waals surface area contributed by atoms with Crippen LogP contribution < -0.4 is 0 Å². The molecule has 7 heteroatoms. The molecule has 0 aliphatic rings. The first kappa shape index (κ1) is 23.9. The second-order valence-corrected chi connectivity index (χ2v) is 3.34. The van der Waals surface area contributed by atoms with Crippen LogP contribution in [0.3, 0.4) is 0 Å². The first-order chi connectivity index (χ1) is 9.49. The normalized spacial score (nSPS) is 8.65. The number of carbonyl (C=O) groups excluding carboxylic acids is 1. The summed E-state index contributed by atoms with van der Waals surface area (Å²) < 4.78 is 9.47. The zero-order valence-electron chi connectivity index (χ0n) is 12.6. The number of carboxylic acids is 1. The number of aliphatic hydroxyl groups excluding tert-OH is 2. The van der Waals surface area contributed by atoms with E-state index in [-0.39, 0.29) is 26.1 Å². The van der Waals surface area contributed by atoms with Crippen LogP contribution in [0.2, 0.25) is 0 Å². The predicted molar refractivity (Wildman–Crippen MR) is 74.5 cm³/mol. The first-order valence-corrected chi connectivity index (χ1v) is 6.66. The van der Waals surface area contributed by atoms with Gasteiger partial charge in [0, 0.05) is 13.2 Å². The van der Waals surface area contributed by atoms with Gasteiger partial charge in [-0.1, -0.05) is 6.92 Å². The van der Waals surface area contributed by atoms with E-state index < -0.39 is 11.9 Å². The average Bonchev–Trinajstić information content (AvgIpc) is 2.44. The number of rotatable bonds is 8. The third-order valence-corrected chi connectivity index (χ3v) is 1.52. The minimum atomic E-state index is -0.974. The number of carbonyl (C=O) groups is 2. The molecule has 122 valence electrons. The van der Waals surface area contributed by atoms with Crippen molar-refractivity contribution in [1.29, 1.82) is 0 Å². The number of hydrogen-bond donors (Lipinski definition) is 3. The molecule has 0 spiro atoms. The predicted octanol–water partition coefficient (Wildman–Crippen LogP) is 0.818. The molecule has 0 bridgehead atoms. The van der Waals surface area contributed by atoms with Crippen LogP contribution >= 0.6 is 0 Å². The fourth-order valence-electron chi connectivity index (χ4n) is 0.701. The van der Waals surface area contributed by atoms with Crippen molar-refractivity contribution in [1.82, 2.24) is 0 Å². The molecule has 0 saturated heterocycles. The van der Waals surface area contributed by atoms with Gasteiger partial charge >= 0.3 is 11.9 Å². The van der Waals surface area contributed by atoms with Crippen LogP contribution in [0.5, 0.6) is 0 Å². The molecule has 0 unspecified atom stereocenters. The molecule has 0 aromatic rings. The fourth-order valence-corrected chi connectivity index (χ4v) is 0.701. The molecular weight excluding hydrogens is 268 g/mol. The van der Waals surface area contributed by atoms with Crippen LogP contribution in [0.4, 0.5) is 0 Å². The standard InChI is InChI=1S/C7H12O4.C4H10O.C2H6O2/c1-2-5-11-7(10)4-3-6(8)9;1-3-5-4-2;3-1-2-4/h2-5H2,1H3,(H,8,9);3-4H2,1-2H3;3-4H,1-2H2. The van der Waals surface area contributed by atoms with Gasteiger partial charge in [-0.05, 0) is 20.3 Å². The van der Waals surface area contributed by atoms with Gasteiger partial charge in [0.25, 0.3) is 0 Å². The molecule has 0 heterocycles. The number of carboxylic acid groups (broad SMARTS) is 1. The van der Waals surface area contributed by atoms with Crippen molar-refractivity contribution in [3.8, 4) is 0 Å². The number of ether oxygens (including phenoxy) is 2. The van der Waals surface area contributed by atoms with E-state index in [0.717, 1.165) is 19.6 Å². The molecule has 7 nitrogen and oxygen atoms in total. The van der Waals surface area contributed by atoms with E-state index in [1.54, 1.807) is 0 Å². The van der Waals surface area contributed by atoms with Crippen LogP contribution in [0.1, 0.15) is 40.0 Å². The summed E-state index contributed by atoms with van der Waals surface area (Å²) in [7, 11) is 0. The highest BCUT2D eigenvalue weighted by molar-refractivity contribution is 5.76. The lowest BCUT2D eigenvalue weighted by molar-refractivity contribution is -0.147. The van der Waals surface area contributed by atoms with E-state index in [4.69, 9.17) is 20.1 Å². The van der Waals surface area contributed by atoms with Crippen molar-refractivity contribution in [2.24, 2.45) is 0 Å². The lowest BCUT2D eigenvalue weighted by Crippen LogP contribution is -2.07. The van der Waals surface area contributed by atoms with Crippen LogP contribution in [0, 0.1) is 0 Å². The van der Waals surface area contributed by atoms with E-state index in [0.29, 0.717) is 6.61 Å². The summed E-state index contributed by atoms with van der Waals surface area (Å²) in [6.45, 7) is 7.67. The molecule has 0 aliphatic carbocycles. The Morgan fingerprint density at radius 3 is 1.70 bits per heavy atom. The van der Waals surface area contributed by atoms with Gasteiger partial charge in [0.05, 0.1) is 32.7 Å². The lowest BCUT2D eigenvalue weighted by Gasteiger charge is -1.99. The highest BCUT2D eigenvalue weighted by Gasteiger charge is 2.04. The van der Waals surface area contributed by atoms with Crippen molar-refractivity contribution >= 4 is 11.9 Å². The van der Waals surface area contributed by atoms with E-state index in [9.17, 15) is 9.59 Å². The Bertz CT molecular complexity index is 203. The number of esters is 1. The fraction of sp³-hybridized carbons (Fsp3) is 0.846. The Labute approximate surface area is 120 Å². The molecule has 20 heavy (non-hydrogen) atoms. The quantitative estimate of drug-likeness (QED) is 0.568. The second kappa shape index (κ2) is 23.0. The van der Waals surface area contributed by atoms with Gasteiger partial charge in [-0.15, -0.1) is 0 Å². The number of aliphatic hydroxyl groups is 2. The largest absolute Gasteiger partial charge is 0.481 e. The summed E-state index contributed by atoms with van der Waals surface area (Å²) in [6, 6.07) is 0. The highest BCUT2D eigenvalue weighted by Crippen LogP contribution is 1.93. The Balaban J connectivity index is -0.000000266. The molecular formula is C13H28O7. The van der Waals surface area contributed by atoms with Gasteiger partial charge < -0.3 is 24.8 Å². The van der Waals surface area contributed by atoms with E-state index in [1.165, 1.54) is 0 Å². The van der Waals surface area contributed by atoms with Crippen LogP contribution in [0.15, 0.2) is 0 Å². The monoisotopic (exact) mass is 296 g/mol. The zero-order valence-corrected chi connectivity index (χ0v) is 12.6. The van der Waals surface area contributed by atoms with Crippen molar-refractivity contribution in [2.45, 2.75) is 40.0 Å². The van der Waals surface area contributed by atoms with Crippen molar-refractivity contribution < 1.29 is 34.4 Å². The van der Waals surface area contributed by atoms with Crippen LogP contribution in [0.25, 0.3) is 0 Å². The lowest BCUT2D eigenvalue weighted by atomic mass is 10.3. The molecule has 0 radical (unpaired) electrons. The van der Waals surface area contributed by atoms with Gasteiger partial charge in [-0.2, -0.15) is 0 Å². The molecule has 3 N–H and O–H groups in total. The Hall–Kier alpha value is -1.18. The van der Waals surface area contributed by atoms with Crippen LogP contribution in [-0.4, -0.2) is 60.3 Å². The summed E-state index contributed by atoms with van der Waals surface area (Å²) in [5, 5.41) is 23.4. The van der Waals surface area contributed by atoms with Gasteiger partial charge in [0.1, 0.15) is 0 Å². The van der Waals surface area contributed by atoms with E-state index in [2.05, 4.69) is 4.74 Å². The second-order valence-electron chi connectivity index (χ2n) is 3.34. The summed E-state index contributed by atoms with van der Waals surface area (Å²) >= 11 is 0. The Kier molecular flexibility index (Phi) is 27.4. The summed E-state index contributed by atoms with van der Waals surface area (Å²) in [5.41, 5.74) is 0. The number of aliphatic carboxylic acids is 1. The zero-order chi connectivity index (χ0) is 16.2. The van der Waals surface area contributed by atoms with Crippen molar-refractivity contribution in [2.75, 3.05) is 33.0 Å². The SMILES string of the molecule is CCCOC(=O)CCC(=O)O.CCOCC.OCCO. The summed E-state index contributed by atoms with van der Waals surface area (Å²) in [5.74, 6) is -1.41. The van der Waals surface area contributed by atoms with Gasteiger partial charge in [0.15, 0.2) is 0 Å². The minimum absolute atomic E-state index is 0.0324. The molecule has 0 aliphatic heterocycles. The topological polar surface area (TPSA) is 113 Å². The molecule has 0 saturated carbocycles. The maximum Gasteiger partial charge on any atom is 0.306 e. The highest BCUT2D eigenvalue weighted by atomic mass is 16.5. The van der Waals surface area contributed by atoms with Crippen molar-refractivity contribution in [3.63, 3.8) is 0 Å². The Morgan fingerprint density at radius 2 is 1.45 bits per heavy atom. The van der Waals surface area contributed by atoms with Crippen molar-refractivity contribution in [3.05, 3.63) is 0 Å². The number of hydrogen-bond acceptors (Lipinski definition) is 6. The molecule has 0 aromatic carbocycles. The van der Waals surface area contributed by atoms with E-state index >= 15 is 0 Å².